The van der Waals surface area contributed by atoms with Crippen LogP contribution in [-0.2, 0) is 0 Å². The zero-order valence-corrected chi connectivity index (χ0v) is 13.7. The number of allylic oxidation sites excluding steroid dienone is 1. The molecule has 0 spiro atoms. The van der Waals surface area contributed by atoms with Crippen molar-refractivity contribution in [3.8, 4) is 11.8 Å². The lowest BCUT2D eigenvalue weighted by Gasteiger charge is -2.06. The van der Waals surface area contributed by atoms with Crippen LogP contribution in [0.25, 0.3) is 11.6 Å². The van der Waals surface area contributed by atoms with E-state index in [-0.39, 0.29) is 13.2 Å². The smallest absolute Gasteiger partial charge is 0.134 e. The molecule has 0 fully saturated rings. The van der Waals surface area contributed by atoms with Gasteiger partial charge in [0.1, 0.15) is 23.4 Å². The van der Waals surface area contributed by atoms with Crippen LogP contribution >= 0.6 is 27.3 Å². The molecule has 0 saturated heterocycles. The molecule has 6 heteroatoms. The van der Waals surface area contributed by atoms with Gasteiger partial charge in [0.15, 0.2) is 0 Å². The summed E-state index contributed by atoms with van der Waals surface area (Å²) in [6, 6.07) is 7.64. The quantitative estimate of drug-likeness (QED) is 0.822. The summed E-state index contributed by atoms with van der Waals surface area (Å²) in [5, 5.41) is 20.7. The molecule has 0 saturated carbocycles. The van der Waals surface area contributed by atoms with Gasteiger partial charge in [0.2, 0.25) is 0 Å². The number of rotatable bonds is 5. The molecule has 0 amide bonds. The van der Waals surface area contributed by atoms with E-state index in [1.807, 2.05) is 24.4 Å². The summed E-state index contributed by atoms with van der Waals surface area (Å²) in [6.45, 7) is 2.13. The lowest BCUT2D eigenvalue weighted by atomic mass is 10.1. The molecule has 0 bridgehead atoms. The second-order valence-corrected chi connectivity index (χ2v) is 5.93. The van der Waals surface area contributed by atoms with E-state index in [1.54, 1.807) is 12.1 Å². The van der Waals surface area contributed by atoms with Gasteiger partial charge in [0.05, 0.1) is 12.2 Å². The topological polar surface area (TPSA) is 66.1 Å². The Morgan fingerprint density at radius 3 is 2.95 bits per heavy atom. The molecule has 0 aliphatic carbocycles. The normalized spacial score (nSPS) is 11.2. The minimum Gasteiger partial charge on any atom is -0.491 e. The highest BCUT2D eigenvalue weighted by Crippen LogP contribution is 2.28. The van der Waals surface area contributed by atoms with Crippen LogP contribution in [0.15, 0.2) is 28.1 Å². The summed E-state index contributed by atoms with van der Waals surface area (Å²) in [5.74, 6) is 0.664. The first kappa shape index (κ1) is 15.7. The number of benzene rings is 1. The van der Waals surface area contributed by atoms with E-state index in [2.05, 4.69) is 27.0 Å². The highest BCUT2D eigenvalue weighted by molar-refractivity contribution is 9.10. The number of aliphatic hydroxyl groups excluding tert-OH is 1. The summed E-state index contributed by atoms with van der Waals surface area (Å²) in [7, 11) is 0. The Balaban J connectivity index is 2.29. The van der Waals surface area contributed by atoms with Gasteiger partial charge in [-0.15, -0.1) is 11.3 Å². The first-order valence-corrected chi connectivity index (χ1v) is 7.89. The van der Waals surface area contributed by atoms with Crippen molar-refractivity contribution in [2.45, 2.75) is 6.92 Å². The molecule has 0 atom stereocenters. The van der Waals surface area contributed by atoms with Gasteiger partial charge in [0, 0.05) is 15.5 Å². The maximum absolute atomic E-state index is 9.29. The van der Waals surface area contributed by atoms with Gasteiger partial charge in [-0.2, -0.15) is 5.26 Å². The fourth-order valence-corrected chi connectivity index (χ4v) is 2.89. The number of thiazole rings is 1. The van der Waals surface area contributed by atoms with E-state index >= 15 is 0 Å². The molecule has 1 aromatic heterocycles. The number of nitriles is 1. The zero-order chi connectivity index (χ0) is 15.2. The molecule has 0 radical (unpaired) electrons. The fraction of sp³-hybridized carbons (Fsp3) is 0.200. The van der Waals surface area contributed by atoms with Crippen molar-refractivity contribution in [3.05, 3.63) is 44.3 Å². The van der Waals surface area contributed by atoms with E-state index in [9.17, 15) is 5.26 Å². The zero-order valence-electron chi connectivity index (χ0n) is 11.3. The lowest BCUT2D eigenvalue weighted by molar-refractivity contribution is 0.201. The number of hydrogen-bond donors (Lipinski definition) is 1. The monoisotopic (exact) mass is 364 g/mol. The Labute approximate surface area is 135 Å². The average molecular weight is 365 g/mol. The van der Waals surface area contributed by atoms with Gasteiger partial charge < -0.3 is 9.84 Å². The van der Waals surface area contributed by atoms with Crippen LogP contribution in [0.2, 0.25) is 0 Å². The first-order chi connectivity index (χ1) is 10.1. The Hall–Kier alpha value is -1.68. The highest BCUT2D eigenvalue weighted by atomic mass is 79.9. The Morgan fingerprint density at radius 2 is 2.38 bits per heavy atom. The van der Waals surface area contributed by atoms with Crippen molar-refractivity contribution >= 4 is 38.9 Å². The van der Waals surface area contributed by atoms with Gasteiger partial charge in [-0.1, -0.05) is 22.0 Å². The third-order valence-corrected chi connectivity index (χ3v) is 4.28. The maximum atomic E-state index is 9.29. The third kappa shape index (κ3) is 4.14. The van der Waals surface area contributed by atoms with Crippen molar-refractivity contribution in [2.24, 2.45) is 0 Å². The van der Waals surface area contributed by atoms with Crippen molar-refractivity contribution in [1.82, 2.24) is 4.98 Å². The molecule has 4 nitrogen and oxygen atoms in total. The van der Waals surface area contributed by atoms with Crippen molar-refractivity contribution in [1.29, 1.82) is 5.26 Å². The van der Waals surface area contributed by atoms with Crippen molar-refractivity contribution in [3.63, 3.8) is 0 Å². The number of hydrogen-bond acceptors (Lipinski definition) is 5. The van der Waals surface area contributed by atoms with Crippen LogP contribution in [0.4, 0.5) is 0 Å². The molecule has 2 rings (SSSR count). The molecule has 1 N–H and O–H groups in total. The Kier molecular flexibility index (Phi) is 5.51. The second kappa shape index (κ2) is 7.36. The summed E-state index contributed by atoms with van der Waals surface area (Å²) in [6.07, 6.45) is 1.79. The van der Waals surface area contributed by atoms with Crippen LogP contribution < -0.4 is 4.74 Å². The Morgan fingerprint density at radius 1 is 1.57 bits per heavy atom. The number of aromatic nitrogens is 1. The molecule has 21 heavy (non-hydrogen) atoms. The molecular weight excluding hydrogens is 352 g/mol. The summed E-state index contributed by atoms with van der Waals surface area (Å²) < 4.78 is 6.15. The molecule has 2 aromatic rings. The van der Waals surface area contributed by atoms with Gasteiger partial charge in [-0.05, 0) is 30.7 Å². The largest absolute Gasteiger partial charge is 0.491 e. The molecule has 0 aliphatic rings. The minimum atomic E-state index is -0.0265. The number of aryl methyl sites for hydroxylation is 1. The van der Waals surface area contributed by atoms with Crippen molar-refractivity contribution in [2.75, 3.05) is 13.2 Å². The van der Waals surface area contributed by atoms with Gasteiger partial charge in [-0.3, -0.25) is 0 Å². The average Bonchev–Trinajstić information content (AvgIpc) is 2.90. The van der Waals surface area contributed by atoms with Crippen LogP contribution in [0.1, 0.15) is 16.3 Å². The number of nitrogens with zero attached hydrogens (tertiary/aromatic N) is 2. The predicted molar refractivity (Wildman–Crippen MR) is 87.1 cm³/mol. The fourth-order valence-electron chi connectivity index (χ4n) is 1.65. The van der Waals surface area contributed by atoms with Crippen LogP contribution in [0.5, 0.6) is 5.75 Å². The second-order valence-electron chi connectivity index (χ2n) is 4.22. The maximum Gasteiger partial charge on any atom is 0.134 e. The van der Waals surface area contributed by atoms with Crippen LogP contribution in [0.3, 0.4) is 0 Å². The van der Waals surface area contributed by atoms with Crippen LogP contribution in [-0.4, -0.2) is 23.3 Å². The summed E-state index contributed by atoms with van der Waals surface area (Å²) in [5.41, 5.74) is 2.30. The summed E-state index contributed by atoms with van der Waals surface area (Å²) >= 11 is 4.91. The Bertz CT molecular complexity index is 704. The van der Waals surface area contributed by atoms with E-state index < -0.39 is 0 Å². The van der Waals surface area contributed by atoms with E-state index in [4.69, 9.17) is 9.84 Å². The number of halogens is 1. The molecule has 108 valence electrons. The predicted octanol–water partition coefficient (Wildman–Crippen LogP) is 3.65. The molecule has 1 aromatic carbocycles. The SMILES string of the molecule is Cc1csc(C(C#N)=Cc2ccc(OCCO)cc2Br)n1. The van der Waals surface area contributed by atoms with E-state index in [1.165, 1.54) is 11.3 Å². The van der Waals surface area contributed by atoms with Crippen molar-refractivity contribution < 1.29 is 9.84 Å². The third-order valence-electron chi connectivity index (χ3n) is 2.60. The van der Waals surface area contributed by atoms with Gasteiger partial charge in [0.25, 0.3) is 0 Å². The van der Waals surface area contributed by atoms with E-state index in [0.717, 1.165) is 15.7 Å². The standard InChI is InChI=1S/C15H13BrN2O2S/c1-10-9-21-15(18-10)12(8-17)6-11-2-3-13(7-14(11)16)20-5-4-19/h2-3,6-7,9,19H,4-5H2,1H3. The lowest BCUT2D eigenvalue weighted by Crippen LogP contribution is -2.01. The van der Waals surface area contributed by atoms with Gasteiger partial charge in [-0.25, -0.2) is 4.98 Å². The molecule has 0 unspecified atom stereocenters. The number of aliphatic hydroxyl groups is 1. The molecule has 1 heterocycles. The molecule has 0 aliphatic heterocycles. The van der Waals surface area contributed by atoms with Gasteiger partial charge >= 0.3 is 0 Å². The van der Waals surface area contributed by atoms with Crippen LogP contribution in [0, 0.1) is 18.3 Å². The number of ether oxygens (including phenoxy) is 1. The minimum absolute atomic E-state index is 0.0265. The van der Waals surface area contributed by atoms with E-state index in [0.29, 0.717) is 16.3 Å². The first-order valence-electron chi connectivity index (χ1n) is 6.21. The summed E-state index contributed by atoms with van der Waals surface area (Å²) in [4.78, 5) is 4.33. The molecular formula is C15H13BrN2O2S. The highest BCUT2D eigenvalue weighted by Gasteiger charge is 2.07.